The first kappa shape index (κ1) is 19.1. The molecule has 0 bridgehead atoms. The van der Waals surface area contributed by atoms with Gasteiger partial charge in [-0.1, -0.05) is 54.4 Å². The van der Waals surface area contributed by atoms with E-state index in [1.165, 1.54) is 0 Å². The first-order valence-corrected chi connectivity index (χ1v) is 9.18. The Hall–Kier alpha value is -2.66. The average molecular weight is 385 g/mol. The highest BCUT2D eigenvalue weighted by Gasteiger charge is 2.35. The molecule has 0 aromatic heterocycles. The molecule has 0 saturated heterocycles. The van der Waals surface area contributed by atoms with Gasteiger partial charge in [-0.2, -0.15) is 0 Å². The maximum atomic E-state index is 13.0. The first-order valence-electron chi connectivity index (χ1n) is 8.80. The topological polar surface area (TPSA) is 59.0 Å². The quantitative estimate of drug-likeness (QED) is 0.563. The molecule has 5 nitrogen and oxygen atoms in total. The highest BCUT2D eigenvalue weighted by molar-refractivity contribution is 6.54. The summed E-state index contributed by atoms with van der Waals surface area (Å²) in [5, 5.41) is 4.54. The van der Waals surface area contributed by atoms with Gasteiger partial charge >= 0.3 is 5.97 Å². The standard InChI is InChI=1S/C21H21ClN2O3/c1-13(2)10-19(25)27-23-20-17-11-14(3)4-9-18(17)24(21(20)26)12-15-5-7-16(22)8-6-15/h4-9,11,13H,10,12H2,1-3H3. The minimum Gasteiger partial charge on any atom is -0.317 e. The number of rotatable bonds is 5. The van der Waals surface area contributed by atoms with E-state index in [1.807, 2.05) is 51.1 Å². The second-order valence-electron chi connectivity index (χ2n) is 7.04. The Morgan fingerprint density at radius 2 is 1.89 bits per heavy atom. The van der Waals surface area contributed by atoms with Gasteiger partial charge in [0.1, 0.15) is 0 Å². The fraction of sp³-hybridized carbons (Fsp3) is 0.286. The van der Waals surface area contributed by atoms with Crippen LogP contribution in [-0.4, -0.2) is 17.6 Å². The number of nitrogens with zero attached hydrogens (tertiary/aromatic N) is 2. The summed E-state index contributed by atoms with van der Waals surface area (Å²) < 4.78 is 0. The second-order valence-corrected chi connectivity index (χ2v) is 7.48. The Balaban J connectivity index is 1.90. The molecule has 0 fully saturated rings. The molecule has 2 aromatic rings. The molecular formula is C21H21ClN2O3. The molecular weight excluding hydrogens is 364 g/mol. The maximum absolute atomic E-state index is 13.0. The highest BCUT2D eigenvalue weighted by atomic mass is 35.5. The summed E-state index contributed by atoms with van der Waals surface area (Å²) in [7, 11) is 0. The number of amides is 1. The van der Waals surface area contributed by atoms with Crippen LogP contribution in [-0.2, 0) is 21.0 Å². The molecule has 0 spiro atoms. The number of fused-ring (bicyclic) bond motifs is 1. The zero-order valence-corrected chi connectivity index (χ0v) is 16.3. The zero-order valence-electron chi connectivity index (χ0n) is 15.5. The monoisotopic (exact) mass is 384 g/mol. The number of oxime groups is 1. The number of halogens is 1. The lowest BCUT2D eigenvalue weighted by Crippen LogP contribution is -2.29. The van der Waals surface area contributed by atoms with Crippen molar-refractivity contribution in [1.29, 1.82) is 0 Å². The van der Waals surface area contributed by atoms with Crippen LogP contribution < -0.4 is 4.90 Å². The Morgan fingerprint density at radius 1 is 1.19 bits per heavy atom. The Morgan fingerprint density at radius 3 is 2.56 bits per heavy atom. The van der Waals surface area contributed by atoms with E-state index in [9.17, 15) is 9.59 Å². The molecule has 27 heavy (non-hydrogen) atoms. The number of carbonyl (C=O) groups is 2. The Bertz CT molecular complexity index is 904. The molecule has 0 atom stereocenters. The smallest absolute Gasteiger partial charge is 0.317 e. The van der Waals surface area contributed by atoms with Gasteiger partial charge in [0, 0.05) is 10.6 Å². The van der Waals surface area contributed by atoms with Crippen LogP contribution in [0.4, 0.5) is 5.69 Å². The van der Waals surface area contributed by atoms with Gasteiger partial charge in [0.05, 0.1) is 18.7 Å². The third-order valence-corrected chi connectivity index (χ3v) is 4.47. The van der Waals surface area contributed by atoms with E-state index in [0.29, 0.717) is 17.1 Å². The van der Waals surface area contributed by atoms with Crippen molar-refractivity contribution in [3.05, 3.63) is 64.2 Å². The number of carbonyl (C=O) groups excluding carboxylic acids is 2. The lowest BCUT2D eigenvalue weighted by molar-refractivity contribution is -0.144. The molecule has 1 amide bonds. The Labute approximate surface area is 163 Å². The van der Waals surface area contributed by atoms with Crippen molar-refractivity contribution in [3.8, 4) is 0 Å². The molecule has 0 saturated carbocycles. The van der Waals surface area contributed by atoms with E-state index in [1.54, 1.807) is 17.0 Å². The first-order chi connectivity index (χ1) is 12.8. The van der Waals surface area contributed by atoms with Gasteiger partial charge in [0.2, 0.25) is 0 Å². The van der Waals surface area contributed by atoms with Crippen molar-refractivity contribution < 1.29 is 14.4 Å². The van der Waals surface area contributed by atoms with Gasteiger partial charge in [0.15, 0.2) is 5.71 Å². The van der Waals surface area contributed by atoms with E-state index >= 15 is 0 Å². The zero-order chi connectivity index (χ0) is 19.6. The normalized spacial score (nSPS) is 14.8. The van der Waals surface area contributed by atoms with Gasteiger partial charge in [-0.3, -0.25) is 4.79 Å². The van der Waals surface area contributed by atoms with Crippen molar-refractivity contribution in [2.45, 2.75) is 33.7 Å². The van der Waals surface area contributed by atoms with Crippen molar-refractivity contribution in [2.75, 3.05) is 4.90 Å². The minimum absolute atomic E-state index is 0.153. The third-order valence-electron chi connectivity index (χ3n) is 4.21. The molecule has 0 aliphatic carbocycles. The largest absolute Gasteiger partial charge is 0.335 e. The summed E-state index contributed by atoms with van der Waals surface area (Å²) in [6, 6.07) is 13.0. The number of anilines is 1. The predicted octanol–water partition coefficient (Wildman–Crippen LogP) is 4.49. The lowest BCUT2D eigenvalue weighted by atomic mass is 10.1. The molecule has 1 heterocycles. The van der Waals surface area contributed by atoms with Crippen molar-refractivity contribution in [1.82, 2.24) is 0 Å². The molecule has 140 valence electrons. The SMILES string of the molecule is Cc1ccc2c(c1)C(=NOC(=O)CC(C)C)C(=O)N2Cc1ccc(Cl)cc1. The molecule has 0 radical (unpaired) electrons. The average Bonchev–Trinajstić information content (AvgIpc) is 2.85. The summed E-state index contributed by atoms with van der Waals surface area (Å²) in [6.45, 7) is 6.16. The molecule has 3 rings (SSSR count). The van der Waals surface area contributed by atoms with E-state index < -0.39 is 5.97 Å². The van der Waals surface area contributed by atoms with E-state index in [0.717, 1.165) is 16.8 Å². The number of benzene rings is 2. The van der Waals surface area contributed by atoms with Crippen LogP contribution in [0.25, 0.3) is 0 Å². The van der Waals surface area contributed by atoms with Crippen LogP contribution in [0.15, 0.2) is 47.6 Å². The summed E-state index contributed by atoms with van der Waals surface area (Å²) in [5.41, 5.74) is 3.51. The molecule has 1 aliphatic heterocycles. The summed E-state index contributed by atoms with van der Waals surface area (Å²) in [5.74, 6) is -0.577. The van der Waals surface area contributed by atoms with Crippen molar-refractivity contribution in [2.24, 2.45) is 11.1 Å². The fourth-order valence-electron chi connectivity index (χ4n) is 2.91. The summed E-state index contributed by atoms with van der Waals surface area (Å²) in [6.07, 6.45) is 0.250. The Kier molecular flexibility index (Phi) is 5.61. The molecule has 0 unspecified atom stereocenters. The van der Waals surface area contributed by atoms with Gasteiger partial charge in [-0.15, -0.1) is 0 Å². The minimum atomic E-state index is -0.448. The summed E-state index contributed by atoms with van der Waals surface area (Å²) >= 11 is 5.94. The fourth-order valence-corrected chi connectivity index (χ4v) is 3.04. The predicted molar refractivity (Wildman–Crippen MR) is 106 cm³/mol. The molecule has 2 aromatic carbocycles. The molecule has 1 aliphatic rings. The van der Waals surface area contributed by atoms with Crippen molar-refractivity contribution >= 4 is 34.9 Å². The van der Waals surface area contributed by atoms with Crippen LogP contribution in [0, 0.1) is 12.8 Å². The van der Waals surface area contributed by atoms with Crippen LogP contribution >= 0.6 is 11.6 Å². The van der Waals surface area contributed by atoms with Gasteiger partial charge in [-0.05, 0) is 42.7 Å². The summed E-state index contributed by atoms with van der Waals surface area (Å²) in [4.78, 5) is 31.4. The lowest BCUT2D eigenvalue weighted by Gasteiger charge is -2.17. The van der Waals surface area contributed by atoms with Gasteiger partial charge in [0.25, 0.3) is 5.91 Å². The van der Waals surface area contributed by atoms with E-state index in [2.05, 4.69) is 5.16 Å². The van der Waals surface area contributed by atoms with Crippen LogP contribution in [0.1, 0.15) is 37.0 Å². The number of aryl methyl sites for hydroxylation is 1. The highest BCUT2D eigenvalue weighted by Crippen LogP contribution is 2.32. The molecule has 0 N–H and O–H groups in total. The molecule has 6 heteroatoms. The number of hydrogen-bond acceptors (Lipinski definition) is 4. The van der Waals surface area contributed by atoms with E-state index in [-0.39, 0.29) is 24.0 Å². The van der Waals surface area contributed by atoms with Crippen LogP contribution in [0.5, 0.6) is 0 Å². The van der Waals surface area contributed by atoms with Crippen LogP contribution in [0.2, 0.25) is 5.02 Å². The van der Waals surface area contributed by atoms with E-state index in [4.69, 9.17) is 16.4 Å². The number of hydrogen-bond donors (Lipinski definition) is 0. The van der Waals surface area contributed by atoms with Gasteiger partial charge < -0.3 is 9.74 Å². The maximum Gasteiger partial charge on any atom is 0.335 e. The van der Waals surface area contributed by atoms with Crippen LogP contribution in [0.3, 0.4) is 0 Å². The van der Waals surface area contributed by atoms with Gasteiger partial charge in [-0.25, -0.2) is 4.79 Å². The second kappa shape index (κ2) is 7.92. The third kappa shape index (κ3) is 4.37. The van der Waals surface area contributed by atoms with Crippen molar-refractivity contribution in [3.63, 3.8) is 0 Å².